The molecule has 0 aromatic carbocycles. The van der Waals surface area contributed by atoms with Crippen molar-refractivity contribution in [3.8, 4) is 0 Å². The third-order valence-corrected chi connectivity index (χ3v) is 14.2. The molecule has 0 saturated carbocycles. The SMILES string of the molecule is CC(C)(C)CCOCCCOCCSSCC(CSSCCOCOCCC(C)(C)C)SSCCOCCCOCCC(C)(C)C. The first-order chi connectivity index (χ1) is 21.8. The molecular weight excluding hydrogens is 697 g/mol. The zero-order valence-electron chi connectivity index (χ0n) is 30.8. The molecule has 1 atom stereocenters. The van der Waals surface area contributed by atoms with Crippen LogP contribution in [-0.2, 0) is 28.4 Å². The van der Waals surface area contributed by atoms with Gasteiger partial charge in [-0.2, -0.15) is 0 Å². The summed E-state index contributed by atoms with van der Waals surface area (Å²) in [5, 5.41) is 0.587. The number of rotatable bonds is 33. The van der Waals surface area contributed by atoms with E-state index >= 15 is 0 Å². The first-order valence-electron chi connectivity index (χ1n) is 17.0. The molecule has 0 aromatic heterocycles. The second-order valence-corrected chi connectivity index (χ2v) is 22.8. The maximum atomic E-state index is 5.85. The van der Waals surface area contributed by atoms with E-state index in [1.807, 2.05) is 64.8 Å². The summed E-state index contributed by atoms with van der Waals surface area (Å²) in [5.74, 6) is 5.26. The second kappa shape index (κ2) is 31.6. The second-order valence-electron chi connectivity index (χ2n) is 14.8. The van der Waals surface area contributed by atoms with Crippen molar-refractivity contribution < 1.29 is 28.4 Å². The molecule has 0 radical (unpaired) electrons. The fraction of sp³-hybridized carbons (Fsp3) is 1.00. The van der Waals surface area contributed by atoms with E-state index in [-0.39, 0.29) is 0 Å². The fourth-order valence-electron chi connectivity index (χ4n) is 3.14. The fourth-order valence-corrected chi connectivity index (χ4v) is 11.2. The van der Waals surface area contributed by atoms with Crippen LogP contribution in [0, 0.1) is 16.2 Å². The lowest BCUT2D eigenvalue weighted by atomic mass is 9.93. The van der Waals surface area contributed by atoms with E-state index in [9.17, 15) is 0 Å². The normalized spacial score (nSPS) is 13.5. The molecule has 0 saturated heterocycles. The molecule has 0 fully saturated rings. The van der Waals surface area contributed by atoms with Crippen molar-refractivity contribution in [2.45, 2.75) is 99.7 Å². The van der Waals surface area contributed by atoms with E-state index in [1.54, 1.807) is 0 Å². The van der Waals surface area contributed by atoms with Gasteiger partial charge in [0.05, 0.1) is 19.8 Å². The maximum Gasteiger partial charge on any atom is 0.146 e. The van der Waals surface area contributed by atoms with E-state index in [2.05, 4.69) is 62.3 Å². The van der Waals surface area contributed by atoms with Crippen LogP contribution < -0.4 is 0 Å². The predicted octanol–water partition coefficient (Wildman–Crippen LogP) is 10.6. The molecule has 6 nitrogen and oxygen atoms in total. The summed E-state index contributed by atoms with van der Waals surface area (Å²) < 4.78 is 34.4. The molecular formula is C34H70O6S6. The average molecular weight is 767 g/mol. The van der Waals surface area contributed by atoms with E-state index in [4.69, 9.17) is 28.4 Å². The Morgan fingerprint density at radius 1 is 0.391 bits per heavy atom. The Kier molecular flexibility index (Phi) is 32.9. The van der Waals surface area contributed by atoms with Crippen LogP contribution in [-0.4, -0.2) is 107 Å². The minimum Gasteiger partial charge on any atom is -0.381 e. The first kappa shape index (κ1) is 47.9. The van der Waals surface area contributed by atoms with Crippen LogP contribution in [0.3, 0.4) is 0 Å². The summed E-state index contributed by atoms with van der Waals surface area (Å²) in [5.41, 5.74) is 0.979. The highest BCUT2D eigenvalue weighted by Crippen LogP contribution is 2.36. The molecule has 0 aromatic rings. The van der Waals surface area contributed by atoms with Gasteiger partial charge in [-0.15, -0.1) is 0 Å². The molecule has 0 spiro atoms. The quantitative estimate of drug-likeness (QED) is 0.0363. The minimum absolute atomic E-state index is 0.305. The lowest BCUT2D eigenvalue weighted by Gasteiger charge is -2.17. The van der Waals surface area contributed by atoms with Crippen LogP contribution in [0.4, 0.5) is 0 Å². The van der Waals surface area contributed by atoms with Gasteiger partial charge in [0, 0.05) is 80.3 Å². The largest absolute Gasteiger partial charge is 0.381 e. The third kappa shape index (κ3) is 42.0. The van der Waals surface area contributed by atoms with Crippen LogP contribution in [0.2, 0.25) is 0 Å². The molecule has 0 N–H and O–H groups in total. The topological polar surface area (TPSA) is 55.4 Å². The van der Waals surface area contributed by atoms with Crippen molar-refractivity contribution in [3.63, 3.8) is 0 Å². The van der Waals surface area contributed by atoms with E-state index in [1.165, 1.54) is 0 Å². The van der Waals surface area contributed by atoms with Crippen LogP contribution in [0.1, 0.15) is 94.4 Å². The zero-order chi connectivity index (χ0) is 34.4. The third-order valence-electron chi connectivity index (χ3n) is 6.12. The molecule has 0 aliphatic rings. The highest BCUT2D eigenvalue weighted by atomic mass is 33.1. The van der Waals surface area contributed by atoms with Gasteiger partial charge in [-0.1, -0.05) is 127 Å². The number of ether oxygens (including phenoxy) is 6. The van der Waals surface area contributed by atoms with Crippen molar-refractivity contribution in [3.05, 3.63) is 0 Å². The van der Waals surface area contributed by atoms with Gasteiger partial charge in [0.15, 0.2) is 0 Å². The Balaban J connectivity index is 4.01. The van der Waals surface area contributed by atoms with Gasteiger partial charge < -0.3 is 28.4 Å². The van der Waals surface area contributed by atoms with Gasteiger partial charge >= 0.3 is 0 Å². The van der Waals surface area contributed by atoms with Gasteiger partial charge in [-0.25, -0.2) is 0 Å². The molecule has 1 unspecified atom stereocenters. The standard InChI is InChI=1S/C34H70O6S6/c1-32(2,3)12-19-35-15-10-17-37-22-25-41-44-28-31(29-45-42-26-24-40-30-39-21-14-34(7,8)9)46-43-27-23-38-18-11-16-36-20-13-33(4,5)6/h31H,10-30H2,1-9H3. The summed E-state index contributed by atoms with van der Waals surface area (Å²) in [6.45, 7) is 28.5. The molecule has 0 heterocycles. The molecule has 12 heteroatoms. The van der Waals surface area contributed by atoms with E-state index in [0.29, 0.717) is 28.3 Å². The highest BCUT2D eigenvalue weighted by Gasteiger charge is 2.13. The molecule has 0 bridgehead atoms. The molecule has 0 aliphatic carbocycles. The molecule has 0 rings (SSSR count). The van der Waals surface area contributed by atoms with E-state index < -0.39 is 0 Å². The zero-order valence-corrected chi connectivity index (χ0v) is 35.7. The number of hydrogen-bond donors (Lipinski definition) is 0. The summed E-state index contributed by atoms with van der Waals surface area (Å²) in [7, 11) is 11.7. The van der Waals surface area contributed by atoms with Gasteiger partial charge in [-0.3, -0.25) is 0 Å². The highest BCUT2D eigenvalue weighted by molar-refractivity contribution is 8.79. The van der Waals surface area contributed by atoms with Gasteiger partial charge in [-0.05, 0) is 48.3 Å². The van der Waals surface area contributed by atoms with Crippen molar-refractivity contribution in [2.75, 3.05) is 102 Å². The molecule has 46 heavy (non-hydrogen) atoms. The lowest BCUT2D eigenvalue weighted by Crippen LogP contribution is -2.11. The van der Waals surface area contributed by atoms with Gasteiger partial charge in [0.2, 0.25) is 0 Å². The minimum atomic E-state index is 0.305. The monoisotopic (exact) mass is 766 g/mol. The van der Waals surface area contributed by atoms with Crippen molar-refractivity contribution in [1.82, 2.24) is 0 Å². The van der Waals surface area contributed by atoms with Crippen LogP contribution in [0.5, 0.6) is 0 Å². The van der Waals surface area contributed by atoms with Gasteiger partial charge in [0.25, 0.3) is 0 Å². The smallest absolute Gasteiger partial charge is 0.146 e. The summed E-state index contributed by atoms with van der Waals surface area (Å²) >= 11 is 0. The van der Waals surface area contributed by atoms with Gasteiger partial charge in [0.1, 0.15) is 6.79 Å². The van der Waals surface area contributed by atoms with Crippen molar-refractivity contribution in [2.24, 2.45) is 16.2 Å². The van der Waals surface area contributed by atoms with Crippen LogP contribution in [0.15, 0.2) is 0 Å². The lowest BCUT2D eigenvalue weighted by molar-refractivity contribution is -0.0541. The van der Waals surface area contributed by atoms with Crippen molar-refractivity contribution in [1.29, 1.82) is 0 Å². The maximum absolute atomic E-state index is 5.85. The van der Waals surface area contributed by atoms with E-state index in [0.717, 1.165) is 127 Å². The number of hydrogen-bond acceptors (Lipinski definition) is 12. The van der Waals surface area contributed by atoms with Crippen molar-refractivity contribution >= 4 is 64.8 Å². The summed E-state index contributed by atoms with van der Waals surface area (Å²) in [6, 6.07) is 0. The Morgan fingerprint density at radius 2 is 0.739 bits per heavy atom. The predicted molar refractivity (Wildman–Crippen MR) is 215 cm³/mol. The summed E-state index contributed by atoms with van der Waals surface area (Å²) in [6.07, 6.45) is 5.18. The average Bonchev–Trinajstić information content (AvgIpc) is 2.95. The Labute approximate surface area is 308 Å². The Morgan fingerprint density at radius 3 is 1.17 bits per heavy atom. The molecule has 0 amide bonds. The van der Waals surface area contributed by atoms with Crippen LogP contribution in [0.25, 0.3) is 0 Å². The Hall–Kier alpha value is 1.86. The molecule has 278 valence electrons. The first-order valence-corrected chi connectivity index (χ1v) is 24.4. The van der Waals surface area contributed by atoms with Crippen LogP contribution >= 0.6 is 64.8 Å². The Bertz CT molecular complexity index is 643. The molecule has 0 aliphatic heterocycles. The summed E-state index contributed by atoms with van der Waals surface area (Å²) in [4.78, 5) is 0.